The zero-order valence-corrected chi connectivity index (χ0v) is 12.4. The number of ether oxygens (including phenoxy) is 1. The molecule has 0 aromatic heterocycles. The summed E-state index contributed by atoms with van der Waals surface area (Å²) >= 11 is 0. The van der Waals surface area contributed by atoms with E-state index in [1.165, 1.54) is 0 Å². The Hall–Kier alpha value is -1.10. The summed E-state index contributed by atoms with van der Waals surface area (Å²) in [4.78, 5) is 27.5. The zero-order valence-electron chi connectivity index (χ0n) is 12.4. The Kier molecular flexibility index (Phi) is 3.48. The molecule has 3 rings (SSSR count). The van der Waals surface area contributed by atoms with Crippen molar-refractivity contribution in [2.75, 3.05) is 13.2 Å². The molecule has 2 saturated heterocycles. The fourth-order valence-electron chi connectivity index (χ4n) is 3.94. The van der Waals surface area contributed by atoms with Gasteiger partial charge in [-0.15, -0.1) is 0 Å². The molecule has 1 aliphatic carbocycles. The molecule has 20 heavy (non-hydrogen) atoms. The van der Waals surface area contributed by atoms with E-state index < -0.39 is 5.54 Å². The zero-order chi connectivity index (χ0) is 14.3. The van der Waals surface area contributed by atoms with Crippen LogP contribution in [0.25, 0.3) is 0 Å². The van der Waals surface area contributed by atoms with E-state index in [-0.39, 0.29) is 29.8 Å². The number of carbonyl (C=O) groups is 2. The molecule has 0 aromatic rings. The van der Waals surface area contributed by atoms with Crippen molar-refractivity contribution in [3.05, 3.63) is 0 Å². The maximum absolute atomic E-state index is 12.9. The lowest BCUT2D eigenvalue weighted by atomic mass is 9.85. The molecular formula is C15H24N2O3. The van der Waals surface area contributed by atoms with Crippen LogP contribution in [0.4, 0.5) is 0 Å². The molecule has 2 amide bonds. The lowest BCUT2D eigenvalue weighted by Crippen LogP contribution is -2.72. The van der Waals surface area contributed by atoms with E-state index in [1.54, 1.807) is 0 Å². The number of carbonyl (C=O) groups excluding carboxylic acids is 2. The van der Waals surface area contributed by atoms with Crippen molar-refractivity contribution < 1.29 is 14.3 Å². The van der Waals surface area contributed by atoms with Crippen LogP contribution in [-0.4, -0.2) is 47.6 Å². The normalized spacial score (nSPS) is 33.2. The van der Waals surface area contributed by atoms with Gasteiger partial charge in [0.15, 0.2) is 0 Å². The highest BCUT2D eigenvalue weighted by Crippen LogP contribution is 2.41. The van der Waals surface area contributed by atoms with E-state index in [9.17, 15) is 9.59 Å². The fraction of sp³-hybridized carbons (Fsp3) is 0.867. The monoisotopic (exact) mass is 280 g/mol. The van der Waals surface area contributed by atoms with Gasteiger partial charge in [-0.3, -0.25) is 9.59 Å². The van der Waals surface area contributed by atoms with E-state index >= 15 is 0 Å². The van der Waals surface area contributed by atoms with Gasteiger partial charge in [-0.05, 0) is 25.2 Å². The first-order valence-electron chi connectivity index (χ1n) is 7.78. The number of nitrogens with one attached hydrogen (secondary N) is 1. The number of amides is 2. The van der Waals surface area contributed by atoms with E-state index in [0.29, 0.717) is 13.2 Å². The highest BCUT2D eigenvalue weighted by Gasteiger charge is 2.56. The first-order chi connectivity index (χ1) is 9.56. The molecule has 0 radical (unpaired) electrons. The summed E-state index contributed by atoms with van der Waals surface area (Å²) in [6.07, 6.45) is 4.50. The molecule has 1 N–H and O–H groups in total. The number of nitrogens with zero attached hydrogens (tertiary/aromatic N) is 1. The summed E-state index contributed by atoms with van der Waals surface area (Å²) in [5, 5.41) is 2.98. The predicted molar refractivity (Wildman–Crippen MR) is 74.0 cm³/mol. The van der Waals surface area contributed by atoms with Crippen LogP contribution >= 0.6 is 0 Å². The largest absolute Gasteiger partial charge is 0.379 e. The molecule has 2 unspecified atom stereocenters. The summed E-state index contributed by atoms with van der Waals surface area (Å²) in [5.41, 5.74) is -0.596. The first-order valence-corrected chi connectivity index (χ1v) is 7.78. The Balaban J connectivity index is 1.96. The predicted octanol–water partition coefficient (Wildman–Crippen LogP) is 1.07. The summed E-state index contributed by atoms with van der Waals surface area (Å²) in [6.45, 7) is 5.24. The van der Waals surface area contributed by atoms with Crippen molar-refractivity contribution in [1.82, 2.24) is 10.2 Å². The van der Waals surface area contributed by atoms with Crippen molar-refractivity contribution in [2.45, 2.75) is 63.6 Å². The van der Waals surface area contributed by atoms with E-state index in [2.05, 4.69) is 5.32 Å². The Bertz CT molecular complexity index is 409. The van der Waals surface area contributed by atoms with Crippen LogP contribution < -0.4 is 5.32 Å². The topological polar surface area (TPSA) is 58.6 Å². The Morgan fingerprint density at radius 1 is 1.30 bits per heavy atom. The number of piperazine rings is 1. The van der Waals surface area contributed by atoms with Crippen LogP contribution in [0, 0.1) is 5.92 Å². The summed E-state index contributed by atoms with van der Waals surface area (Å²) in [6, 6.07) is -0.303. The van der Waals surface area contributed by atoms with Gasteiger partial charge in [0.1, 0.15) is 11.6 Å². The van der Waals surface area contributed by atoms with E-state index in [0.717, 1.165) is 32.1 Å². The van der Waals surface area contributed by atoms with Gasteiger partial charge in [-0.2, -0.15) is 0 Å². The molecule has 1 spiro atoms. The average molecular weight is 280 g/mol. The molecule has 3 aliphatic rings. The maximum Gasteiger partial charge on any atom is 0.246 e. The van der Waals surface area contributed by atoms with Gasteiger partial charge in [0.25, 0.3) is 0 Å². The summed E-state index contributed by atoms with van der Waals surface area (Å²) in [7, 11) is 0. The Morgan fingerprint density at radius 2 is 2.00 bits per heavy atom. The van der Waals surface area contributed by atoms with E-state index in [1.807, 2.05) is 18.7 Å². The molecule has 112 valence electrons. The SMILES string of the molecule is CC(C)C1NC(=O)C2(CCCC2)N(C2CCOC2)C1=O. The fourth-order valence-corrected chi connectivity index (χ4v) is 3.94. The van der Waals surface area contributed by atoms with Crippen molar-refractivity contribution in [1.29, 1.82) is 0 Å². The highest BCUT2D eigenvalue weighted by molar-refractivity contribution is 6.00. The van der Waals surface area contributed by atoms with Crippen molar-refractivity contribution in [3.8, 4) is 0 Å². The Morgan fingerprint density at radius 3 is 2.55 bits per heavy atom. The van der Waals surface area contributed by atoms with Crippen LogP contribution in [0.15, 0.2) is 0 Å². The number of hydrogen-bond acceptors (Lipinski definition) is 3. The molecule has 3 fully saturated rings. The van der Waals surface area contributed by atoms with Crippen LogP contribution in [0.5, 0.6) is 0 Å². The van der Waals surface area contributed by atoms with Gasteiger partial charge in [0, 0.05) is 6.61 Å². The van der Waals surface area contributed by atoms with Crippen molar-refractivity contribution in [3.63, 3.8) is 0 Å². The molecule has 2 heterocycles. The quantitative estimate of drug-likeness (QED) is 0.823. The summed E-state index contributed by atoms with van der Waals surface area (Å²) < 4.78 is 5.47. The molecule has 1 saturated carbocycles. The van der Waals surface area contributed by atoms with Gasteiger partial charge in [-0.25, -0.2) is 0 Å². The molecule has 2 aliphatic heterocycles. The average Bonchev–Trinajstić information content (AvgIpc) is 3.06. The smallest absolute Gasteiger partial charge is 0.246 e. The lowest BCUT2D eigenvalue weighted by molar-refractivity contribution is -0.162. The second-order valence-electron chi connectivity index (χ2n) is 6.66. The summed E-state index contributed by atoms with van der Waals surface area (Å²) in [5.74, 6) is 0.271. The van der Waals surface area contributed by atoms with E-state index in [4.69, 9.17) is 4.74 Å². The van der Waals surface area contributed by atoms with Crippen LogP contribution in [0.3, 0.4) is 0 Å². The third-order valence-corrected chi connectivity index (χ3v) is 5.04. The van der Waals surface area contributed by atoms with Gasteiger partial charge >= 0.3 is 0 Å². The van der Waals surface area contributed by atoms with Gasteiger partial charge in [0.2, 0.25) is 11.8 Å². The third-order valence-electron chi connectivity index (χ3n) is 5.04. The molecule has 2 atom stereocenters. The Labute approximate surface area is 120 Å². The van der Waals surface area contributed by atoms with Crippen molar-refractivity contribution >= 4 is 11.8 Å². The second kappa shape index (κ2) is 5.02. The lowest BCUT2D eigenvalue weighted by Gasteiger charge is -2.49. The minimum atomic E-state index is -0.596. The molecule has 0 aromatic carbocycles. The molecule has 5 nitrogen and oxygen atoms in total. The number of rotatable bonds is 2. The van der Waals surface area contributed by atoms with Gasteiger partial charge < -0.3 is 15.0 Å². The van der Waals surface area contributed by atoms with Gasteiger partial charge in [-0.1, -0.05) is 26.7 Å². The van der Waals surface area contributed by atoms with Crippen LogP contribution in [0.2, 0.25) is 0 Å². The van der Waals surface area contributed by atoms with Crippen LogP contribution in [-0.2, 0) is 14.3 Å². The minimum Gasteiger partial charge on any atom is -0.379 e. The number of hydrogen-bond donors (Lipinski definition) is 1. The van der Waals surface area contributed by atoms with Crippen LogP contribution in [0.1, 0.15) is 46.0 Å². The standard InChI is InChI=1S/C15H24N2O3/c1-10(2)12-13(18)17(11-5-8-20-9-11)15(14(19)16-12)6-3-4-7-15/h10-12H,3-9H2,1-2H3,(H,16,19). The molecule has 0 bridgehead atoms. The molecular weight excluding hydrogens is 256 g/mol. The third kappa shape index (κ3) is 1.94. The maximum atomic E-state index is 12.9. The minimum absolute atomic E-state index is 0.0557. The van der Waals surface area contributed by atoms with Crippen molar-refractivity contribution in [2.24, 2.45) is 5.92 Å². The molecule has 5 heteroatoms. The second-order valence-corrected chi connectivity index (χ2v) is 6.66. The first kappa shape index (κ1) is 13.9. The van der Waals surface area contributed by atoms with Gasteiger partial charge in [0.05, 0.1) is 12.6 Å². The highest BCUT2D eigenvalue weighted by atomic mass is 16.5.